The van der Waals surface area contributed by atoms with E-state index >= 15 is 0 Å². The summed E-state index contributed by atoms with van der Waals surface area (Å²) in [5.74, 6) is 0.0274. The molecule has 0 atom stereocenters. The van der Waals surface area contributed by atoms with Crippen molar-refractivity contribution in [3.05, 3.63) is 18.2 Å². The lowest BCUT2D eigenvalue weighted by Gasteiger charge is -2.32. The second kappa shape index (κ2) is 5.13. The molecule has 0 radical (unpaired) electrons. The standard InChI is InChI=1S/C15H19BF3N3O2/c1-13(2)14(3,4)24-16(23-13)9-6-5-7-10-11(9)12(20)21-22(10)8-15(17,18)19/h5-7H,8H2,1-4H3,(H2,20,21). The van der Waals surface area contributed by atoms with E-state index in [0.29, 0.717) is 16.4 Å². The van der Waals surface area contributed by atoms with Crippen LogP contribution in [0.2, 0.25) is 0 Å². The summed E-state index contributed by atoms with van der Waals surface area (Å²) in [5, 5.41) is 4.27. The summed E-state index contributed by atoms with van der Waals surface area (Å²) < 4.78 is 51.0. The Morgan fingerprint density at radius 3 is 2.29 bits per heavy atom. The van der Waals surface area contributed by atoms with Gasteiger partial charge in [0.05, 0.1) is 16.7 Å². The molecule has 1 aliphatic rings. The van der Waals surface area contributed by atoms with Crippen LogP contribution in [0.25, 0.3) is 10.9 Å². The Morgan fingerprint density at radius 2 is 1.75 bits per heavy atom. The smallest absolute Gasteiger partial charge is 0.399 e. The molecule has 5 nitrogen and oxygen atoms in total. The average molecular weight is 341 g/mol. The van der Waals surface area contributed by atoms with Crippen LogP contribution in [0.1, 0.15) is 27.7 Å². The van der Waals surface area contributed by atoms with Crippen molar-refractivity contribution >= 4 is 29.3 Å². The summed E-state index contributed by atoms with van der Waals surface area (Å²) in [6, 6.07) is 4.94. The summed E-state index contributed by atoms with van der Waals surface area (Å²) in [7, 11) is -0.718. The minimum atomic E-state index is -4.38. The number of aromatic nitrogens is 2. The summed E-state index contributed by atoms with van der Waals surface area (Å²) in [6.45, 7) is 6.42. The molecule has 2 N–H and O–H groups in total. The van der Waals surface area contributed by atoms with Gasteiger partial charge in [0.25, 0.3) is 0 Å². The summed E-state index contributed by atoms with van der Waals surface area (Å²) >= 11 is 0. The van der Waals surface area contributed by atoms with Crippen LogP contribution in [-0.4, -0.2) is 34.3 Å². The monoisotopic (exact) mass is 341 g/mol. The third kappa shape index (κ3) is 2.75. The summed E-state index contributed by atoms with van der Waals surface area (Å²) in [4.78, 5) is 0. The number of anilines is 1. The van der Waals surface area contributed by atoms with E-state index in [0.717, 1.165) is 4.68 Å². The van der Waals surface area contributed by atoms with E-state index in [-0.39, 0.29) is 5.82 Å². The van der Waals surface area contributed by atoms with E-state index in [9.17, 15) is 13.2 Å². The van der Waals surface area contributed by atoms with Gasteiger partial charge in [-0.25, -0.2) is 0 Å². The summed E-state index contributed by atoms with van der Waals surface area (Å²) in [6.07, 6.45) is -4.38. The van der Waals surface area contributed by atoms with E-state index in [2.05, 4.69) is 5.10 Å². The molecule has 0 unspecified atom stereocenters. The molecule has 0 spiro atoms. The van der Waals surface area contributed by atoms with Gasteiger partial charge >= 0.3 is 13.3 Å². The molecule has 130 valence electrons. The molecule has 24 heavy (non-hydrogen) atoms. The molecule has 0 amide bonds. The highest BCUT2D eigenvalue weighted by molar-refractivity contribution is 6.65. The topological polar surface area (TPSA) is 62.3 Å². The highest BCUT2D eigenvalue weighted by atomic mass is 19.4. The van der Waals surface area contributed by atoms with E-state index in [1.807, 2.05) is 27.7 Å². The maximum Gasteiger partial charge on any atom is 0.495 e. The molecule has 1 aliphatic heterocycles. The van der Waals surface area contributed by atoms with Gasteiger partial charge in [0.15, 0.2) is 5.82 Å². The number of nitrogens with zero attached hydrogens (tertiary/aromatic N) is 2. The lowest BCUT2D eigenvalue weighted by atomic mass is 9.77. The molecular formula is C15H19BF3N3O2. The number of halogens is 3. The zero-order chi connectivity index (χ0) is 17.9. The Kier molecular flexibility index (Phi) is 3.65. The third-order valence-corrected chi connectivity index (χ3v) is 4.67. The van der Waals surface area contributed by atoms with Crippen molar-refractivity contribution in [2.45, 2.75) is 51.6 Å². The molecule has 1 aromatic heterocycles. The molecule has 2 heterocycles. The molecule has 2 aromatic rings. The first-order valence-corrected chi connectivity index (χ1v) is 7.58. The average Bonchev–Trinajstić information content (AvgIpc) is 2.83. The van der Waals surface area contributed by atoms with Gasteiger partial charge in [0, 0.05) is 5.39 Å². The Bertz CT molecular complexity index is 770. The Labute approximate surface area is 138 Å². The van der Waals surface area contributed by atoms with Crippen LogP contribution in [0.15, 0.2) is 18.2 Å². The lowest BCUT2D eigenvalue weighted by molar-refractivity contribution is -0.141. The predicted molar refractivity (Wildman–Crippen MR) is 85.9 cm³/mol. The molecule has 1 saturated heterocycles. The number of hydrogen-bond acceptors (Lipinski definition) is 4. The minimum Gasteiger partial charge on any atom is -0.399 e. The van der Waals surface area contributed by atoms with E-state index in [1.54, 1.807) is 18.2 Å². The van der Waals surface area contributed by atoms with Crippen LogP contribution in [0.4, 0.5) is 19.0 Å². The maximum atomic E-state index is 12.7. The van der Waals surface area contributed by atoms with Gasteiger partial charge in [-0.2, -0.15) is 18.3 Å². The number of nitrogen functional groups attached to an aromatic ring is 1. The lowest BCUT2D eigenvalue weighted by Crippen LogP contribution is -2.41. The Balaban J connectivity index is 2.08. The van der Waals surface area contributed by atoms with Gasteiger partial charge in [0.2, 0.25) is 0 Å². The van der Waals surface area contributed by atoms with Crippen molar-refractivity contribution in [3.63, 3.8) is 0 Å². The maximum absolute atomic E-state index is 12.7. The van der Waals surface area contributed by atoms with Gasteiger partial charge in [-0.1, -0.05) is 12.1 Å². The minimum absolute atomic E-state index is 0.0274. The van der Waals surface area contributed by atoms with Crippen molar-refractivity contribution in [1.29, 1.82) is 0 Å². The number of alkyl halides is 3. The van der Waals surface area contributed by atoms with E-state index in [1.165, 1.54) is 0 Å². The number of fused-ring (bicyclic) bond motifs is 1. The Morgan fingerprint density at radius 1 is 1.17 bits per heavy atom. The van der Waals surface area contributed by atoms with Crippen LogP contribution in [0.3, 0.4) is 0 Å². The fraction of sp³-hybridized carbons (Fsp3) is 0.533. The highest BCUT2D eigenvalue weighted by Gasteiger charge is 2.52. The van der Waals surface area contributed by atoms with Crippen molar-refractivity contribution in [3.8, 4) is 0 Å². The number of rotatable bonds is 2. The van der Waals surface area contributed by atoms with Gasteiger partial charge in [-0.05, 0) is 39.2 Å². The van der Waals surface area contributed by atoms with Gasteiger partial charge < -0.3 is 15.0 Å². The van der Waals surface area contributed by atoms with Gasteiger partial charge in [0.1, 0.15) is 6.54 Å². The predicted octanol–water partition coefficient (Wildman–Crippen LogP) is 2.48. The number of nitrogens with two attached hydrogens (primary N) is 1. The molecule has 1 fully saturated rings. The largest absolute Gasteiger partial charge is 0.495 e. The SMILES string of the molecule is CC1(C)OB(c2cccc3c2c(N)nn3CC(F)(F)F)OC1(C)C. The molecule has 0 aliphatic carbocycles. The van der Waals surface area contributed by atoms with Crippen LogP contribution in [0.5, 0.6) is 0 Å². The van der Waals surface area contributed by atoms with Crippen LogP contribution in [0, 0.1) is 0 Å². The van der Waals surface area contributed by atoms with Crippen molar-refractivity contribution in [2.24, 2.45) is 0 Å². The van der Waals surface area contributed by atoms with Crippen molar-refractivity contribution in [2.75, 3.05) is 5.73 Å². The number of hydrogen-bond donors (Lipinski definition) is 1. The van der Waals surface area contributed by atoms with Gasteiger partial charge in [-0.3, -0.25) is 4.68 Å². The quantitative estimate of drug-likeness (QED) is 0.853. The molecule has 3 rings (SSSR count). The number of benzene rings is 1. The summed E-state index contributed by atoms with van der Waals surface area (Å²) in [5.41, 5.74) is 5.65. The fourth-order valence-corrected chi connectivity index (χ4v) is 2.74. The third-order valence-electron chi connectivity index (χ3n) is 4.67. The fourth-order valence-electron chi connectivity index (χ4n) is 2.74. The first kappa shape index (κ1) is 17.1. The van der Waals surface area contributed by atoms with Crippen molar-refractivity contribution < 1.29 is 22.5 Å². The van der Waals surface area contributed by atoms with Crippen LogP contribution < -0.4 is 11.2 Å². The molecule has 9 heteroatoms. The Hall–Kier alpha value is -1.74. The van der Waals surface area contributed by atoms with E-state index in [4.69, 9.17) is 15.0 Å². The van der Waals surface area contributed by atoms with Crippen LogP contribution >= 0.6 is 0 Å². The highest BCUT2D eigenvalue weighted by Crippen LogP contribution is 2.37. The molecule has 0 saturated carbocycles. The second-order valence-electron chi connectivity index (χ2n) is 6.99. The first-order valence-electron chi connectivity index (χ1n) is 7.58. The normalized spacial score (nSPS) is 20.0. The van der Waals surface area contributed by atoms with Gasteiger partial charge in [-0.15, -0.1) is 0 Å². The van der Waals surface area contributed by atoms with Crippen LogP contribution in [-0.2, 0) is 15.9 Å². The zero-order valence-electron chi connectivity index (χ0n) is 13.9. The van der Waals surface area contributed by atoms with Crippen molar-refractivity contribution in [1.82, 2.24) is 9.78 Å². The first-order chi connectivity index (χ1) is 10.9. The van der Waals surface area contributed by atoms with E-state index < -0.39 is 31.0 Å². The molecular weight excluding hydrogens is 322 g/mol. The molecule has 0 bridgehead atoms. The zero-order valence-corrected chi connectivity index (χ0v) is 13.9. The second-order valence-corrected chi connectivity index (χ2v) is 6.99. The molecule has 1 aromatic carbocycles.